The van der Waals surface area contributed by atoms with Gasteiger partial charge in [0.15, 0.2) is 6.61 Å². The van der Waals surface area contributed by atoms with Crippen LogP contribution in [0.5, 0.6) is 11.5 Å². The van der Waals surface area contributed by atoms with Gasteiger partial charge in [-0.25, -0.2) is 9.59 Å². The van der Waals surface area contributed by atoms with Gasteiger partial charge in [0.1, 0.15) is 18.1 Å². The normalized spacial score (nSPS) is 10.6. The Morgan fingerprint density at radius 3 is 2.29 bits per heavy atom. The summed E-state index contributed by atoms with van der Waals surface area (Å²) in [5, 5.41) is 0. The zero-order valence-electron chi connectivity index (χ0n) is 18.0. The lowest BCUT2D eigenvalue weighted by Crippen LogP contribution is -2.18. The third-order valence-electron chi connectivity index (χ3n) is 4.67. The van der Waals surface area contributed by atoms with Gasteiger partial charge in [-0.15, -0.1) is 0 Å². The van der Waals surface area contributed by atoms with Gasteiger partial charge < -0.3 is 14.2 Å². The number of benzene rings is 3. The summed E-state index contributed by atoms with van der Waals surface area (Å²) in [6.45, 7) is 6.11. The number of carbonyl (C=O) groups excluding carboxylic acids is 2. The summed E-state index contributed by atoms with van der Waals surface area (Å²) < 4.78 is 16.3. The van der Waals surface area contributed by atoms with Gasteiger partial charge in [0, 0.05) is 0 Å². The van der Waals surface area contributed by atoms with Crippen LogP contribution in [0.3, 0.4) is 0 Å². The molecular weight excluding hydrogens is 392 g/mol. The Morgan fingerprint density at radius 1 is 0.903 bits per heavy atom. The van der Waals surface area contributed by atoms with E-state index in [-0.39, 0.29) is 19.1 Å². The van der Waals surface area contributed by atoms with Crippen LogP contribution in [0.15, 0.2) is 72.8 Å². The van der Waals surface area contributed by atoms with Crippen molar-refractivity contribution >= 4 is 11.9 Å². The predicted molar refractivity (Wildman–Crippen MR) is 118 cm³/mol. The van der Waals surface area contributed by atoms with Gasteiger partial charge in [-0.2, -0.15) is 0 Å². The van der Waals surface area contributed by atoms with Crippen molar-refractivity contribution in [1.29, 1.82) is 0 Å². The second kappa shape index (κ2) is 10.4. The Balaban J connectivity index is 1.52. The first-order valence-corrected chi connectivity index (χ1v) is 10.2. The number of aryl methyl sites for hydroxylation is 1. The number of hydrogen-bond acceptors (Lipinski definition) is 5. The van der Waals surface area contributed by atoms with Gasteiger partial charge in [0.25, 0.3) is 0 Å². The summed E-state index contributed by atoms with van der Waals surface area (Å²) in [5.41, 5.74) is 3.39. The fourth-order valence-electron chi connectivity index (χ4n) is 3.01. The molecule has 0 N–H and O–H groups in total. The van der Waals surface area contributed by atoms with Crippen LogP contribution in [0, 0.1) is 6.92 Å². The molecule has 0 aromatic heterocycles. The Morgan fingerprint density at radius 2 is 1.61 bits per heavy atom. The molecule has 0 radical (unpaired) electrons. The average Bonchev–Trinajstić information content (AvgIpc) is 2.77. The van der Waals surface area contributed by atoms with Crippen molar-refractivity contribution in [3.8, 4) is 11.5 Å². The molecule has 0 aliphatic carbocycles. The molecule has 0 fully saturated rings. The highest BCUT2D eigenvalue weighted by Crippen LogP contribution is 2.27. The van der Waals surface area contributed by atoms with E-state index in [1.807, 2.05) is 55.5 Å². The van der Waals surface area contributed by atoms with Gasteiger partial charge in [-0.05, 0) is 59.9 Å². The van der Waals surface area contributed by atoms with Gasteiger partial charge in [0.2, 0.25) is 0 Å². The van der Waals surface area contributed by atoms with E-state index in [4.69, 9.17) is 14.2 Å². The molecule has 3 aromatic rings. The largest absolute Gasteiger partial charge is 0.482 e. The van der Waals surface area contributed by atoms with E-state index in [2.05, 4.69) is 13.8 Å². The summed E-state index contributed by atoms with van der Waals surface area (Å²) >= 11 is 0. The van der Waals surface area contributed by atoms with Crippen molar-refractivity contribution in [3.63, 3.8) is 0 Å². The summed E-state index contributed by atoms with van der Waals surface area (Å²) in [7, 11) is 0. The molecule has 5 nitrogen and oxygen atoms in total. The van der Waals surface area contributed by atoms with E-state index in [1.165, 1.54) is 0 Å². The van der Waals surface area contributed by atoms with Crippen molar-refractivity contribution in [2.24, 2.45) is 0 Å². The highest BCUT2D eigenvalue weighted by atomic mass is 16.6. The molecule has 0 aliphatic rings. The standard InChI is InChI=1S/C26H26O5/c1-18(2)23-14-9-19(3)15-24(23)29-17-25(27)31-22-12-10-21(11-13-22)26(28)30-16-20-7-5-4-6-8-20/h4-15,18H,16-17H2,1-3H3. The SMILES string of the molecule is Cc1ccc(C(C)C)c(OCC(=O)Oc2ccc(C(=O)OCc3ccccc3)cc2)c1. The molecule has 0 aliphatic heterocycles. The number of hydrogen-bond donors (Lipinski definition) is 0. The fraction of sp³-hybridized carbons (Fsp3) is 0.231. The molecule has 0 spiro atoms. The minimum atomic E-state index is -0.518. The number of esters is 2. The minimum Gasteiger partial charge on any atom is -0.482 e. The number of ether oxygens (including phenoxy) is 3. The number of rotatable bonds is 8. The van der Waals surface area contributed by atoms with Crippen molar-refractivity contribution in [2.45, 2.75) is 33.3 Å². The molecule has 0 unspecified atom stereocenters. The van der Waals surface area contributed by atoms with Crippen molar-refractivity contribution in [2.75, 3.05) is 6.61 Å². The molecule has 3 aromatic carbocycles. The summed E-state index contributed by atoms with van der Waals surface area (Å²) in [6, 6.07) is 21.6. The van der Waals surface area contributed by atoms with Crippen LogP contribution in [0.25, 0.3) is 0 Å². The molecule has 0 heterocycles. The van der Waals surface area contributed by atoms with Crippen LogP contribution in [0.2, 0.25) is 0 Å². The molecule has 0 saturated carbocycles. The van der Waals surface area contributed by atoms with Gasteiger partial charge in [-0.3, -0.25) is 0 Å². The maximum atomic E-state index is 12.2. The van der Waals surface area contributed by atoms with Crippen LogP contribution >= 0.6 is 0 Å². The third kappa shape index (κ3) is 6.44. The molecular formula is C26H26O5. The van der Waals surface area contributed by atoms with Crippen LogP contribution in [-0.2, 0) is 16.1 Å². The molecule has 0 atom stereocenters. The summed E-state index contributed by atoms with van der Waals surface area (Å²) in [5.74, 6) is 0.340. The van der Waals surface area contributed by atoms with E-state index in [0.717, 1.165) is 16.7 Å². The molecule has 31 heavy (non-hydrogen) atoms. The van der Waals surface area contributed by atoms with Crippen molar-refractivity contribution in [3.05, 3.63) is 95.1 Å². The van der Waals surface area contributed by atoms with Gasteiger partial charge >= 0.3 is 11.9 Å². The lowest BCUT2D eigenvalue weighted by Gasteiger charge is -2.14. The zero-order chi connectivity index (χ0) is 22.2. The first-order valence-electron chi connectivity index (χ1n) is 10.2. The highest BCUT2D eigenvalue weighted by Gasteiger charge is 2.13. The second-order valence-corrected chi connectivity index (χ2v) is 7.54. The Hall–Kier alpha value is -3.60. The van der Waals surface area contributed by atoms with Crippen LogP contribution in [-0.4, -0.2) is 18.5 Å². The van der Waals surface area contributed by atoms with E-state index >= 15 is 0 Å². The maximum absolute atomic E-state index is 12.2. The second-order valence-electron chi connectivity index (χ2n) is 7.54. The van der Waals surface area contributed by atoms with E-state index < -0.39 is 11.9 Å². The van der Waals surface area contributed by atoms with Gasteiger partial charge in [0.05, 0.1) is 5.56 Å². The lowest BCUT2D eigenvalue weighted by molar-refractivity contribution is -0.136. The van der Waals surface area contributed by atoms with E-state index in [1.54, 1.807) is 24.3 Å². The first kappa shape index (κ1) is 22.1. The highest BCUT2D eigenvalue weighted by molar-refractivity contribution is 5.89. The summed E-state index contributed by atoms with van der Waals surface area (Å²) in [4.78, 5) is 24.4. The maximum Gasteiger partial charge on any atom is 0.349 e. The van der Waals surface area contributed by atoms with Crippen molar-refractivity contribution in [1.82, 2.24) is 0 Å². The Labute approximate surface area is 182 Å². The average molecular weight is 418 g/mol. The van der Waals surface area contributed by atoms with E-state index in [0.29, 0.717) is 17.1 Å². The molecule has 160 valence electrons. The van der Waals surface area contributed by atoms with Crippen LogP contribution < -0.4 is 9.47 Å². The first-order chi connectivity index (χ1) is 14.9. The van der Waals surface area contributed by atoms with Crippen LogP contribution in [0.4, 0.5) is 0 Å². The predicted octanol–water partition coefficient (Wildman–Crippen LogP) is 5.46. The summed E-state index contributed by atoms with van der Waals surface area (Å²) in [6.07, 6.45) is 0. The topological polar surface area (TPSA) is 61.8 Å². The van der Waals surface area contributed by atoms with Crippen molar-refractivity contribution < 1.29 is 23.8 Å². The molecule has 0 bridgehead atoms. The zero-order valence-corrected chi connectivity index (χ0v) is 18.0. The molecule has 3 rings (SSSR count). The van der Waals surface area contributed by atoms with Crippen LogP contribution in [0.1, 0.15) is 46.8 Å². The molecule has 0 amide bonds. The Kier molecular flexibility index (Phi) is 7.44. The molecule has 5 heteroatoms. The molecule has 0 saturated heterocycles. The lowest BCUT2D eigenvalue weighted by atomic mass is 10.0. The Bertz CT molecular complexity index is 1020. The fourth-order valence-corrected chi connectivity index (χ4v) is 3.01. The monoisotopic (exact) mass is 418 g/mol. The smallest absolute Gasteiger partial charge is 0.349 e. The third-order valence-corrected chi connectivity index (χ3v) is 4.67. The quantitative estimate of drug-likeness (QED) is 0.359. The van der Waals surface area contributed by atoms with Gasteiger partial charge in [-0.1, -0.05) is 56.3 Å². The van der Waals surface area contributed by atoms with E-state index in [9.17, 15) is 9.59 Å². The number of carbonyl (C=O) groups is 2. The minimum absolute atomic E-state index is 0.199.